The number of hydrogen-bond donors (Lipinski definition) is 0. The van der Waals surface area contributed by atoms with Crippen molar-refractivity contribution in [3.8, 4) is 0 Å². The van der Waals surface area contributed by atoms with Gasteiger partial charge in [-0.15, -0.1) is 0 Å². The van der Waals surface area contributed by atoms with Gasteiger partial charge in [0, 0.05) is 24.9 Å². The number of thioether (sulfide) groups is 1. The Kier molecular flexibility index (Phi) is 6.19. The molecule has 1 aliphatic rings. The van der Waals surface area contributed by atoms with Crippen molar-refractivity contribution < 1.29 is 9.26 Å². The van der Waals surface area contributed by atoms with Gasteiger partial charge in [0.2, 0.25) is 5.89 Å². The molecule has 7 nitrogen and oxygen atoms in total. The number of benzene rings is 1. The van der Waals surface area contributed by atoms with Crippen molar-refractivity contribution in [2.45, 2.75) is 37.6 Å². The van der Waals surface area contributed by atoms with Crippen LogP contribution in [0.4, 0.5) is 0 Å². The molecule has 28 heavy (non-hydrogen) atoms. The number of para-hydroxylation sites is 1. The molecule has 148 valence electrons. The average molecular weight is 400 g/mol. The van der Waals surface area contributed by atoms with Crippen molar-refractivity contribution in [1.82, 2.24) is 25.0 Å². The van der Waals surface area contributed by atoms with Crippen LogP contribution in [0.3, 0.4) is 0 Å². The summed E-state index contributed by atoms with van der Waals surface area (Å²) in [5.74, 6) is 3.35. The van der Waals surface area contributed by atoms with E-state index in [0.717, 1.165) is 66.8 Å². The first-order valence-corrected chi connectivity index (χ1v) is 10.7. The predicted octanol–water partition coefficient (Wildman–Crippen LogP) is 3.34. The fourth-order valence-corrected chi connectivity index (χ4v) is 4.04. The van der Waals surface area contributed by atoms with E-state index in [1.165, 1.54) is 0 Å². The predicted molar refractivity (Wildman–Crippen MR) is 108 cm³/mol. The summed E-state index contributed by atoms with van der Waals surface area (Å²) in [6.45, 7) is 8.40. The van der Waals surface area contributed by atoms with E-state index in [1.54, 1.807) is 11.8 Å². The summed E-state index contributed by atoms with van der Waals surface area (Å²) in [5.41, 5.74) is 0.967. The number of nitrogens with zero attached hydrogens (tertiary/aromatic N) is 5. The molecule has 0 amide bonds. The highest BCUT2D eigenvalue weighted by Gasteiger charge is 2.16. The molecule has 0 atom stereocenters. The molecular weight excluding hydrogens is 374 g/mol. The maximum Gasteiger partial charge on any atom is 0.237 e. The second-order valence-corrected chi connectivity index (χ2v) is 8.31. The molecule has 0 radical (unpaired) electrons. The van der Waals surface area contributed by atoms with Gasteiger partial charge in [-0.3, -0.25) is 4.90 Å². The lowest BCUT2D eigenvalue weighted by Gasteiger charge is -2.25. The lowest BCUT2D eigenvalue weighted by molar-refractivity contribution is 0.0330. The second-order valence-electron chi connectivity index (χ2n) is 7.34. The standard InChI is InChI=1S/C20H25N5O2S/c1-14(2)11-17-22-19(27-24-17)13-28-20-15-5-3-4-6-16(15)21-18(23-20)12-25-7-9-26-10-8-25/h3-6,14H,7-13H2,1-2H3. The van der Waals surface area contributed by atoms with Crippen molar-refractivity contribution in [3.05, 3.63) is 41.8 Å². The van der Waals surface area contributed by atoms with Crippen molar-refractivity contribution in [3.63, 3.8) is 0 Å². The molecule has 0 N–H and O–H groups in total. The van der Waals surface area contributed by atoms with Crippen LogP contribution in [0.15, 0.2) is 33.8 Å². The SMILES string of the molecule is CC(C)Cc1noc(CSc2nc(CN3CCOCC3)nc3ccccc23)n1. The van der Waals surface area contributed by atoms with Crippen molar-refractivity contribution in [1.29, 1.82) is 0 Å². The van der Waals surface area contributed by atoms with Gasteiger partial charge in [0.05, 0.1) is 31.0 Å². The zero-order valence-corrected chi connectivity index (χ0v) is 17.1. The van der Waals surface area contributed by atoms with Crippen LogP contribution in [0.25, 0.3) is 10.9 Å². The number of ether oxygens (including phenoxy) is 1. The quantitative estimate of drug-likeness (QED) is 0.442. The van der Waals surface area contributed by atoms with Crippen LogP contribution in [-0.4, -0.2) is 51.3 Å². The minimum atomic E-state index is 0.506. The largest absolute Gasteiger partial charge is 0.379 e. The third-order valence-electron chi connectivity index (χ3n) is 4.52. The maximum absolute atomic E-state index is 5.43. The Labute approximate surface area is 168 Å². The van der Waals surface area contributed by atoms with Gasteiger partial charge in [-0.2, -0.15) is 4.98 Å². The average Bonchev–Trinajstić information content (AvgIpc) is 3.13. The molecule has 8 heteroatoms. The zero-order valence-electron chi connectivity index (χ0n) is 16.3. The first-order chi connectivity index (χ1) is 13.7. The lowest BCUT2D eigenvalue weighted by Crippen LogP contribution is -2.36. The van der Waals surface area contributed by atoms with Gasteiger partial charge in [-0.25, -0.2) is 9.97 Å². The zero-order chi connectivity index (χ0) is 19.3. The minimum absolute atomic E-state index is 0.506. The summed E-state index contributed by atoms with van der Waals surface area (Å²) in [7, 11) is 0. The highest BCUT2D eigenvalue weighted by molar-refractivity contribution is 7.98. The third kappa shape index (κ3) is 4.87. The summed E-state index contributed by atoms with van der Waals surface area (Å²) in [6, 6.07) is 8.13. The Morgan fingerprint density at radius 1 is 1.07 bits per heavy atom. The van der Waals surface area contributed by atoms with Crippen LogP contribution in [0.2, 0.25) is 0 Å². The molecule has 3 aromatic rings. The van der Waals surface area contributed by atoms with Gasteiger partial charge in [-0.1, -0.05) is 49.0 Å². The minimum Gasteiger partial charge on any atom is -0.379 e. The smallest absolute Gasteiger partial charge is 0.237 e. The van der Waals surface area contributed by atoms with E-state index in [-0.39, 0.29) is 0 Å². The Hall–Kier alpha value is -2.03. The molecular formula is C20H25N5O2S. The van der Waals surface area contributed by atoms with Crippen LogP contribution < -0.4 is 0 Å². The molecule has 4 rings (SSSR count). The van der Waals surface area contributed by atoms with E-state index in [1.807, 2.05) is 18.2 Å². The molecule has 0 bridgehead atoms. The molecule has 2 aromatic heterocycles. The van der Waals surface area contributed by atoms with Gasteiger partial charge in [-0.05, 0) is 12.0 Å². The lowest BCUT2D eigenvalue weighted by atomic mass is 10.1. The van der Waals surface area contributed by atoms with E-state index < -0.39 is 0 Å². The van der Waals surface area contributed by atoms with Crippen LogP contribution in [0.1, 0.15) is 31.4 Å². The first-order valence-electron chi connectivity index (χ1n) is 9.67. The molecule has 0 unspecified atom stereocenters. The Morgan fingerprint density at radius 3 is 2.71 bits per heavy atom. The summed E-state index contributed by atoms with van der Waals surface area (Å²) >= 11 is 1.62. The molecule has 0 aliphatic carbocycles. The van der Waals surface area contributed by atoms with Crippen molar-refractivity contribution >= 4 is 22.7 Å². The molecule has 1 aliphatic heterocycles. The third-order valence-corrected chi connectivity index (χ3v) is 5.49. The molecule has 0 spiro atoms. The van der Waals surface area contributed by atoms with Crippen LogP contribution in [0, 0.1) is 5.92 Å². The van der Waals surface area contributed by atoms with E-state index in [0.29, 0.717) is 17.6 Å². The molecule has 1 aromatic carbocycles. The number of morpholine rings is 1. The van der Waals surface area contributed by atoms with Crippen molar-refractivity contribution in [2.75, 3.05) is 26.3 Å². The fraction of sp³-hybridized carbons (Fsp3) is 0.500. The Bertz CT molecular complexity index is 924. The van der Waals surface area contributed by atoms with E-state index in [9.17, 15) is 0 Å². The maximum atomic E-state index is 5.43. The number of hydrogen-bond acceptors (Lipinski definition) is 8. The summed E-state index contributed by atoms with van der Waals surface area (Å²) in [6.07, 6.45) is 0.828. The number of rotatable bonds is 7. The number of aromatic nitrogens is 4. The normalized spacial score (nSPS) is 15.5. The van der Waals surface area contributed by atoms with Crippen LogP contribution >= 0.6 is 11.8 Å². The highest BCUT2D eigenvalue weighted by Crippen LogP contribution is 2.28. The van der Waals surface area contributed by atoms with Gasteiger partial charge in [0.25, 0.3) is 0 Å². The summed E-state index contributed by atoms with van der Waals surface area (Å²) in [4.78, 5) is 16.4. The fourth-order valence-electron chi connectivity index (χ4n) is 3.16. The monoisotopic (exact) mass is 399 g/mol. The Morgan fingerprint density at radius 2 is 1.89 bits per heavy atom. The topological polar surface area (TPSA) is 77.2 Å². The van der Waals surface area contributed by atoms with E-state index in [2.05, 4.69) is 35.0 Å². The second kappa shape index (κ2) is 8.98. The van der Waals surface area contributed by atoms with Gasteiger partial charge < -0.3 is 9.26 Å². The Balaban J connectivity index is 1.52. The van der Waals surface area contributed by atoms with Crippen LogP contribution in [-0.2, 0) is 23.5 Å². The van der Waals surface area contributed by atoms with Crippen molar-refractivity contribution in [2.24, 2.45) is 5.92 Å². The van der Waals surface area contributed by atoms with Crippen LogP contribution in [0.5, 0.6) is 0 Å². The summed E-state index contributed by atoms with van der Waals surface area (Å²) in [5, 5.41) is 6.09. The van der Waals surface area contributed by atoms with Gasteiger partial charge in [0.1, 0.15) is 10.9 Å². The summed E-state index contributed by atoms with van der Waals surface area (Å²) < 4.78 is 10.8. The molecule has 0 saturated carbocycles. The first kappa shape index (κ1) is 19.3. The molecule has 1 saturated heterocycles. The van der Waals surface area contributed by atoms with Gasteiger partial charge in [0.15, 0.2) is 5.82 Å². The van der Waals surface area contributed by atoms with E-state index >= 15 is 0 Å². The van der Waals surface area contributed by atoms with Gasteiger partial charge >= 0.3 is 0 Å². The van der Waals surface area contributed by atoms with E-state index in [4.69, 9.17) is 19.2 Å². The molecule has 3 heterocycles. The molecule has 1 fully saturated rings. The number of fused-ring (bicyclic) bond motifs is 1. The highest BCUT2D eigenvalue weighted by atomic mass is 32.2.